The lowest BCUT2D eigenvalue weighted by Gasteiger charge is -2.12. The van der Waals surface area contributed by atoms with Crippen LogP contribution < -0.4 is 0 Å². The average Bonchev–Trinajstić information content (AvgIpc) is 2.69. The van der Waals surface area contributed by atoms with Gasteiger partial charge in [0.15, 0.2) is 0 Å². The molecule has 5 nitrogen and oxygen atoms in total. The first-order chi connectivity index (χ1) is 8.40. The van der Waals surface area contributed by atoms with Gasteiger partial charge in [-0.15, -0.1) is 0 Å². The van der Waals surface area contributed by atoms with Gasteiger partial charge in [0.25, 0.3) is 9.05 Å². The normalized spacial score (nSPS) is 13.8. The molecule has 0 aliphatic carbocycles. The zero-order valence-electron chi connectivity index (χ0n) is 10.9. The first kappa shape index (κ1) is 15.5. The molecule has 1 rings (SSSR count). The Morgan fingerprint density at radius 2 is 2.17 bits per heavy atom. The summed E-state index contributed by atoms with van der Waals surface area (Å²) in [6, 6.07) is 0. The highest BCUT2D eigenvalue weighted by Gasteiger charge is 2.21. The molecule has 0 unspecified atom stereocenters. The number of aromatic nitrogens is 2. The Kier molecular flexibility index (Phi) is 5.62. The standard InChI is InChI=1S/C11H19ClN2O3S/c1-4-6-14-10(8-17-9(3)5-2)11(7-13-14)18(12,15)16/h7,9H,4-6,8H2,1-3H3/t9-/m0/s1. The van der Waals surface area contributed by atoms with Gasteiger partial charge in [-0.05, 0) is 19.8 Å². The van der Waals surface area contributed by atoms with Crippen LogP contribution in [0.2, 0.25) is 0 Å². The Hall–Kier alpha value is -0.590. The summed E-state index contributed by atoms with van der Waals surface area (Å²) in [6.45, 7) is 6.79. The number of ether oxygens (including phenoxy) is 1. The molecule has 0 aromatic carbocycles. The lowest BCUT2D eigenvalue weighted by atomic mass is 10.3. The summed E-state index contributed by atoms with van der Waals surface area (Å²) in [5.41, 5.74) is 0.521. The zero-order chi connectivity index (χ0) is 13.8. The van der Waals surface area contributed by atoms with E-state index in [4.69, 9.17) is 15.4 Å². The zero-order valence-corrected chi connectivity index (χ0v) is 12.5. The van der Waals surface area contributed by atoms with Crippen LogP contribution in [0.4, 0.5) is 0 Å². The summed E-state index contributed by atoms with van der Waals surface area (Å²) in [4.78, 5) is 0.0425. The number of halogens is 1. The minimum Gasteiger partial charge on any atom is -0.372 e. The highest BCUT2D eigenvalue weighted by Crippen LogP contribution is 2.21. The van der Waals surface area contributed by atoms with Crippen LogP contribution in [0.1, 0.15) is 39.3 Å². The molecule has 7 heteroatoms. The quantitative estimate of drug-likeness (QED) is 0.725. The fraction of sp³-hybridized carbons (Fsp3) is 0.727. The van der Waals surface area contributed by atoms with Crippen molar-refractivity contribution in [1.82, 2.24) is 9.78 Å². The molecule has 0 bridgehead atoms. The van der Waals surface area contributed by atoms with Crippen LogP contribution in [-0.2, 0) is 26.9 Å². The van der Waals surface area contributed by atoms with Gasteiger partial charge in [0.2, 0.25) is 0 Å². The van der Waals surface area contributed by atoms with Gasteiger partial charge in [-0.1, -0.05) is 13.8 Å². The molecule has 18 heavy (non-hydrogen) atoms. The fourth-order valence-corrected chi connectivity index (χ4v) is 2.49. The van der Waals surface area contributed by atoms with Crippen molar-refractivity contribution in [2.75, 3.05) is 0 Å². The van der Waals surface area contributed by atoms with Crippen LogP contribution in [0.15, 0.2) is 11.1 Å². The topological polar surface area (TPSA) is 61.2 Å². The second-order valence-electron chi connectivity index (χ2n) is 4.15. The van der Waals surface area contributed by atoms with E-state index in [1.54, 1.807) is 4.68 Å². The fourth-order valence-electron chi connectivity index (χ4n) is 1.49. The average molecular weight is 295 g/mol. The summed E-state index contributed by atoms with van der Waals surface area (Å²) in [5, 5.41) is 4.05. The van der Waals surface area contributed by atoms with E-state index < -0.39 is 9.05 Å². The number of nitrogens with zero attached hydrogens (tertiary/aromatic N) is 2. The van der Waals surface area contributed by atoms with Gasteiger partial charge < -0.3 is 4.74 Å². The second kappa shape index (κ2) is 6.54. The van der Waals surface area contributed by atoms with Gasteiger partial charge in [-0.3, -0.25) is 4.68 Å². The molecule has 104 valence electrons. The van der Waals surface area contributed by atoms with E-state index in [1.165, 1.54) is 6.20 Å². The van der Waals surface area contributed by atoms with Gasteiger partial charge >= 0.3 is 0 Å². The van der Waals surface area contributed by atoms with Crippen LogP contribution in [0.5, 0.6) is 0 Å². The Morgan fingerprint density at radius 1 is 1.50 bits per heavy atom. The molecule has 0 saturated heterocycles. The molecule has 0 aliphatic rings. The second-order valence-corrected chi connectivity index (χ2v) is 6.68. The van der Waals surface area contributed by atoms with Gasteiger partial charge in [-0.25, -0.2) is 8.42 Å². The molecule has 1 aromatic heterocycles. The van der Waals surface area contributed by atoms with E-state index in [-0.39, 0.29) is 17.6 Å². The van der Waals surface area contributed by atoms with Crippen LogP contribution in [0.25, 0.3) is 0 Å². The third kappa shape index (κ3) is 3.96. The van der Waals surface area contributed by atoms with Crippen molar-refractivity contribution < 1.29 is 13.2 Å². The Balaban J connectivity index is 3.00. The van der Waals surface area contributed by atoms with Crippen molar-refractivity contribution in [3.63, 3.8) is 0 Å². The molecule has 1 aromatic rings. The maximum atomic E-state index is 11.4. The van der Waals surface area contributed by atoms with Crippen molar-refractivity contribution in [3.8, 4) is 0 Å². The minimum atomic E-state index is -3.78. The van der Waals surface area contributed by atoms with Crippen molar-refractivity contribution in [3.05, 3.63) is 11.9 Å². The molecule has 0 aliphatic heterocycles. The van der Waals surface area contributed by atoms with Crippen LogP contribution in [0, 0.1) is 0 Å². The molecule has 0 fully saturated rings. The Bertz CT molecular complexity index is 484. The first-order valence-electron chi connectivity index (χ1n) is 6.01. The third-order valence-corrected chi connectivity index (χ3v) is 4.05. The number of hydrogen-bond acceptors (Lipinski definition) is 4. The highest BCUT2D eigenvalue weighted by molar-refractivity contribution is 8.13. The molecule has 0 N–H and O–H groups in total. The summed E-state index contributed by atoms with van der Waals surface area (Å²) >= 11 is 0. The summed E-state index contributed by atoms with van der Waals surface area (Å²) in [5.74, 6) is 0. The van der Waals surface area contributed by atoms with Crippen LogP contribution >= 0.6 is 10.7 Å². The van der Waals surface area contributed by atoms with Crippen LogP contribution in [0.3, 0.4) is 0 Å². The van der Waals surface area contributed by atoms with Crippen molar-refractivity contribution in [1.29, 1.82) is 0 Å². The molecule has 0 spiro atoms. The molecule has 0 amide bonds. The summed E-state index contributed by atoms with van der Waals surface area (Å²) in [7, 11) is 1.61. The van der Waals surface area contributed by atoms with E-state index in [0.29, 0.717) is 12.2 Å². The number of rotatable bonds is 7. The van der Waals surface area contributed by atoms with E-state index >= 15 is 0 Å². The van der Waals surface area contributed by atoms with Gasteiger partial charge in [-0.2, -0.15) is 5.10 Å². The maximum absolute atomic E-state index is 11.4. The van der Waals surface area contributed by atoms with Crippen molar-refractivity contribution in [2.24, 2.45) is 0 Å². The lowest BCUT2D eigenvalue weighted by molar-refractivity contribution is 0.0453. The minimum absolute atomic E-state index is 0.0425. The number of aryl methyl sites for hydroxylation is 1. The molecule has 0 radical (unpaired) electrons. The van der Waals surface area contributed by atoms with Crippen molar-refractivity contribution >= 4 is 19.7 Å². The largest absolute Gasteiger partial charge is 0.372 e. The molecule has 1 heterocycles. The maximum Gasteiger partial charge on any atom is 0.264 e. The molecule has 1 atom stereocenters. The molecular formula is C11H19ClN2O3S. The first-order valence-corrected chi connectivity index (χ1v) is 8.32. The summed E-state index contributed by atoms with van der Waals surface area (Å²) in [6.07, 6.45) is 3.08. The third-order valence-electron chi connectivity index (χ3n) is 2.69. The van der Waals surface area contributed by atoms with Gasteiger partial charge in [0.1, 0.15) is 4.90 Å². The van der Waals surface area contributed by atoms with Crippen LogP contribution in [-0.4, -0.2) is 24.3 Å². The Labute approximate surface area is 113 Å². The van der Waals surface area contributed by atoms with Gasteiger partial charge in [0, 0.05) is 17.2 Å². The van der Waals surface area contributed by atoms with E-state index in [2.05, 4.69) is 5.10 Å². The smallest absolute Gasteiger partial charge is 0.264 e. The molecular weight excluding hydrogens is 276 g/mol. The molecule has 0 saturated carbocycles. The lowest BCUT2D eigenvalue weighted by Crippen LogP contribution is -2.12. The predicted octanol–water partition coefficient (Wildman–Crippen LogP) is 2.54. The predicted molar refractivity (Wildman–Crippen MR) is 70.1 cm³/mol. The van der Waals surface area contributed by atoms with Crippen molar-refractivity contribution in [2.45, 2.75) is 57.8 Å². The van der Waals surface area contributed by atoms with E-state index in [1.807, 2.05) is 20.8 Å². The number of hydrogen-bond donors (Lipinski definition) is 0. The highest BCUT2D eigenvalue weighted by atomic mass is 35.7. The summed E-state index contributed by atoms with van der Waals surface area (Å²) < 4.78 is 30.1. The SMILES string of the molecule is CCCn1ncc(S(=O)(=O)Cl)c1CO[C@@H](C)CC. The van der Waals surface area contributed by atoms with Gasteiger partial charge in [0.05, 0.1) is 24.6 Å². The Morgan fingerprint density at radius 3 is 2.67 bits per heavy atom. The monoisotopic (exact) mass is 294 g/mol. The van der Waals surface area contributed by atoms with E-state index in [0.717, 1.165) is 12.8 Å². The van der Waals surface area contributed by atoms with E-state index in [9.17, 15) is 8.42 Å².